The highest BCUT2D eigenvalue weighted by atomic mass is 16.3. The summed E-state index contributed by atoms with van der Waals surface area (Å²) in [4.78, 5) is 16.2. The van der Waals surface area contributed by atoms with Crippen molar-refractivity contribution in [3.8, 4) is 0 Å². The molecule has 0 bridgehead atoms. The lowest BCUT2D eigenvalue weighted by atomic mass is 9.87. The summed E-state index contributed by atoms with van der Waals surface area (Å²) in [7, 11) is 0. The summed E-state index contributed by atoms with van der Waals surface area (Å²) in [5.41, 5.74) is 1.89. The summed E-state index contributed by atoms with van der Waals surface area (Å²) in [5, 5.41) is 15.0. The van der Waals surface area contributed by atoms with E-state index in [-0.39, 0.29) is 11.4 Å². The van der Waals surface area contributed by atoms with E-state index in [0.717, 1.165) is 5.52 Å². The lowest BCUT2D eigenvalue weighted by Crippen LogP contribution is -2.38. The first kappa shape index (κ1) is 16.3. The van der Waals surface area contributed by atoms with Gasteiger partial charge in [0.2, 0.25) is 0 Å². The lowest BCUT2D eigenvalue weighted by Gasteiger charge is -2.26. The Balaban J connectivity index is 1.93. The highest BCUT2D eigenvalue weighted by Gasteiger charge is 2.21. The zero-order valence-electron chi connectivity index (χ0n) is 13.4. The van der Waals surface area contributed by atoms with E-state index in [2.05, 4.69) is 15.6 Å². The highest BCUT2D eigenvalue weighted by Crippen LogP contribution is 2.22. The van der Waals surface area contributed by atoms with E-state index in [9.17, 15) is 9.90 Å². The number of hydrogen-bond acceptors (Lipinski definition) is 4. The van der Waals surface area contributed by atoms with Crippen LogP contribution in [0.5, 0.6) is 0 Å². The summed E-state index contributed by atoms with van der Waals surface area (Å²) >= 11 is 0. The van der Waals surface area contributed by atoms with Crippen LogP contribution in [0.1, 0.15) is 33.1 Å². The van der Waals surface area contributed by atoms with E-state index in [0.29, 0.717) is 30.1 Å². The number of aryl methyl sites for hydroxylation is 1. The first-order valence-electron chi connectivity index (χ1n) is 7.35. The Morgan fingerprint density at radius 2 is 2.18 bits per heavy atom. The molecule has 6 nitrogen and oxygen atoms in total. The number of carbonyl (C=O) groups is 1. The molecule has 1 aromatic carbocycles. The Morgan fingerprint density at radius 3 is 2.86 bits per heavy atom. The summed E-state index contributed by atoms with van der Waals surface area (Å²) in [5.74, 6) is 0.594. The van der Waals surface area contributed by atoms with Gasteiger partial charge >= 0.3 is 6.03 Å². The zero-order valence-corrected chi connectivity index (χ0v) is 13.4. The molecular weight excluding hydrogens is 282 g/mol. The van der Waals surface area contributed by atoms with E-state index in [1.807, 2.05) is 13.8 Å². The van der Waals surface area contributed by atoms with Gasteiger partial charge in [0.15, 0.2) is 11.5 Å². The quantitative estimate of drug-likeness (QED) is 0.792. The van der Waals surface area contributed by atoms with Gasteiger partial charge in [0.25, 0.3) is 0 Å². The van der Waals surface area contributed by atoms with Crippen molar-refractivity contribution in [3.63, 3.8) is 0 Å². The zero-order chi connectivity index (χ0) is 16.3. The van der Waals surface area contributed by atoms with Gasteiger partial charge in [-0.3, -0.25) is 0 Å². The molecule has 3 N–H and O–H groups in total. The lowest BCUT2D eigenvalue weighted by molar-refractivity contribution is 0.129. The van der Waals surface area contributed by atoms with E-state index in [4.69, 9.17) is 4.42 Å². The molecule has 1 unspecified atom stereocenters. The minimum atomic E-state index is -0.392. The van der Waals surface area contributed by atoms with Crippen LogP contribution in [0, 0.1) is 12.3 Å². The molecule has 6 heteroatoms. The van der Waals surface area contributed by atoms with Crippen molar-refractivity contribution in [1.82, 2.24) is 10.3 Å². The molecule has 2 rings (SSSR count). The molecule has 120 valence electrons. The summed E-state index contributed by atoms with van der Waals surface area (Å²) < 4.78 is 5.44. The Labute approximate surface area is 129 Å². The SMILES string of the molecule is Cc1nc2ccc(NC(=O)NCC(C)(C)CC(C)O)cc2o1. The number of aliphatic hydroxyl groups excluding tert-OH is 1. The first-order valence-corrected chi connectivity index (χ1v) is 7.35. The third-order valence-electron chi connectivity index (χ3n) is 3.33. The van der Waals surface area contributed by atoms with Gasteiger partial charge in [0.1, 0.15) is 5.52 Å². The number of aromatic nitrogens is 1. The van der Waals surface area contributed by atoms with Crippen LogP contribution in [0.3, 0.4) is 0 Å². The third-order valence-corrected chi connectivity index (χ3v) is 3.33. The van der Waals surface area contributed by atoms with E-state index in [1.165, 1.54) is 0 Å². The average Bonchev–Trinajstić information content (AvgIpc) is 2.74. The number of carbonyl (C=O) groups excluding carboxylic acids is 1. The van der Waals surface area contributed by atoms with Crippen molar-refractivity contribution in [2.45, 2.75) is 40.2 Å². The van der Waals surface area contributed by atoms with Crippen LogP contribution >= 0.6 is 0 Å². The minimum Gasteiger partial charge on any atom is -0.441 e. The molecule has 2 aromatic rings. The highest BCUT2D eigenvalue weighted by molar-refractivity contribution is 5.91. The second-order valence-electron chi connectivity index (χ2n) is 6.44. The normalized spacial score (nSPS) is 13.1. The van der Waals surface area contributed by atoms with E-state index >= 15 is 0 Å². The van der Waals surface area contributed by atoms with Crippen LogP contribution in [0.25, 0.3) is 11.1 Å². The molecule has 0 saturated heterocycles. The monoisotopic (exact) mass is 305 g/mol. The first-order chi connectivity index (χ1) is 10.2. The molecule has 2 amide bonds. The predicted molar refractivity (Wildman–Crippen MR) is 85.8 cm³/mol. The smallest absolute Gasteiger partial charge is 0.319 e. The number of nitrogens with zero attached hydrogens (tertiary/aromatic N) is 1. The number of hydrogen-bond donors (Lipinski definition) is 3. The Hall–Kier alpha value is -2.08. The van der Waals surface area contributed by atoms with Crippen LogP contribution < -0.4 is 10.6 Å². The van der Waals surface area contributed by atoms with Gasteiger partial charge in [-0.05, 0) is 30.9 Å². The number of anilines is 1. The molecule has 0 radical (unpaired) electrons. The molecule has 22 heavy (non-hydrogen) atoms. The average molecular weight is 305 g/mol. The number of amides is 2. The molecule has 0 aliphatic carbocycles. The number of fused-ring (bicyclic) bond motifs is 1. The van der Waals surface area contributed by atoms with Gasteiger partial charge < -0.3 is 20.2 Å². The van der Waals surface area contributed by atoms with Crippen molar-refractivity contribution in [1.29, 1.82) is 0 Å². The molecule has 0 fully saturated rings. The van der Waals surface area contributed by atoms with Crippen LogP contribution in [0.2, 0.25) is 0 Å². The predicted octanol–water partition coefficient (Wildman–Crippen LogP) is 3.05. The number of oxazole rings is 1. The molecule has 1 heterocycles. The third kappa shape index (κ3) is 4.46. The van der Waals surface area contributed by atoms with Crippen LogP contribution in [-0.2, 0) is 0 Å². The second kappa shape index (κ2) is 6.36. The maximum atomic E-state index is 12.0. The Kier molecular flexibility index (Phi) is 4.71. The Morgan fingerprint density at radius 1 is 1.45 bits per heavy atom. The molecule has 1 aromatic heterocycles. The van der Waals surface area contributed by atoms with Crippen molar-refractivity contribution in [3.05, 3.63) is 24.1 Å². The van der Waals surface area contributed by atoms with Gasteiger partial charge in [0, 0.05) is 25.2 Å². The minimum absolute atomic E-state index is 0.169. The maximum absolute atomic E-state index is 12.0. The largest absolute Gasteiger partial charge is 0.441 e. The topological polar surface area (TPSA) is 87.4 Å². The fourth-order valence-electron chi connectivity index (χ4n) is 2.48. The molecule has 0 spiro atoms. The van der Waals surface area contributed by atoms with Crippen molar-refractivity contribution in [2.24, 2.45) is 5.41 Å². The summed E-state index contributed by atoms with van der Waals surface area (Å²) in [6, 6.07) is 5.05. The van der Waals surface area contributed by atoms with Crippen LogP contribution in [-0.4, -0.2) is 28.8 Å². The van der Waals surface area contributed by atoms with Crippen LogP contribution in [0.15, 0.2) is 22.6 Å². The molecule has 0 saturated carbocycles. The van der Waals surface area contributed by atoms with Gasteiger partial charge in [-0.15, -0.1) is 0 Å². The standard InChI is InChI=1S/C16H23N3O3/c1-10(20)8-16(3,4)9-17-15(21)19-12-5-6-13-14(7-12)22-11(2)18-13/h5-7,10,20H,8-9H2,1-4H3,(H2,17,19,21). The fraction of sp³-hybridized carbons (Fsp3) is 0.500. The van der Waals surface area contributed by atoms with E-state index in [1.54, 1.807) is 32.0 Å². The fourth-order valence-corrected chi connectivity index (χ4v) is 2.48. The maximum Gasteiger partial charge on any atom is 0.319 e. The number of aliphatic hydroxyl groups is 1. The Bertz CT molecular complexity index is 662. The van der Waals surface area contributed by atoms with Gasteiger partial charge in [-0.1, -0.05) is 13.8 Å². The molecular formula is C16H23N3O3. The molecule has 0 aliphatic heterocycles. The van der Waals surface area contributed by atoms with E-state index < -0.39 is 6.10 Å². The van der Waals surface area contributed by atoms with Crippen molar-refractivity contribution >= 4 is 22.8 Å². The van der Waals surface area contributed by atoms with Gasteiger partial charge in [-0.2, -0.15) is 0 Å². The van der Waals surface area contributed by atoms with Crippen molar-refractivity contribution < 1.29 is 14.3 Å². The summed E-state index contributed by atoms with van der Waals surface area (Å²) in [6.45, 7) is 8.01. The van der Waals surface area contributed by atoms with Crippen LogP contribution in [0.4, 0.5) is 10.5 Å². The number of rotatable bonds is 5. The van der Waals surface area contributed by atoms with Crippen molar-refractivity contribution in [2.75, 3.05) is 11.9 Å². The number of urea groups is 1. The number of benzene rings is 1. The second-order valence-corrected chi connectivity index (χ2v) is 6.44. The number of nitrogens with one attached hydrogen (secondary N) is 2. The van der Waals surface area contributed by atoms with Gasteiger partial charge in [-0.25, -0.2) is 9.78 Å². The van der Waals surface area contributed by atoms with Gasteiger partial charge in [0.05, 0.1) is 6.10 Å². The molecule has 0 aliphatic rings. The molecule has 1 atom stereocenters. The summed E-state index contributed by atoms with van der Waals surface area (Å²) in [6.07, 6.45) is 0.230.